The zero-order valence-corrected chi connectivity index (χ0v) is 17.1. The second-order valence-electron chi connectivity index (χ2n) is 6.37. The van der Waals surface area contributed by atoms with Crippen LogP contribution in [-0.2, 0) is 10.0 Å². The van der Waals surface area contributed by atoms with Crippen LogP contribution in [-0.4, -0.2) is 31.6 Å². The second-order valence-corrected chi connectivity index (χ2v) is 8.02. The van der Waals surface area contributed by atoms with Crippen molar-refractivity contribution in [3.05, 3.63) is 59.1 Å². The molecule has 0 aliphatic carbocycles. The van der Waals surface area contributed by atoms with Crippen LogP contribution in [0.5, 0.6) is 5.88 Å². The summed E-state index contributed by atoms with van der Waals surface area (Å²) in [7, 11) is -2.72. The molecule has 0 bridgehead atoms. The number of rotatable bonds is 6. The van der Waals surface area contributed by atoms with Gasteiger partial charge in [0.2, 0.25) is 5.88 Å². The number of anilines is 2. The average molecular weight is 416 g/mol. The Hall–Kier alpha value is -3.40. The van der Waals surface area contributed by atoms with E-state index in [2.05, 4.69) is 20.2 Å². The van der Waals surface area contributed by atoms with E-state index in [0.717, 1.165) is 11.1 Å². The first-order chi connectivity index (χ1) is 13.7. The van der Waals surface area contributed by atoms with Crippen LogP contribution in [0.4, 0.5) is 11.4 Å². The second kappa shape index (κ2) is 7.92. The molecule has 2 N–H and O–H groups in total. The van der Waals surface area contributed by atoms with Gasteiger partial charge in [-0.05, 0) is 38.0 Å². The third-order valence-electron chi connectivity index (χ3n) is 4.27. The first-order valence-corrected chi connectivity index (χ1v) is 10.1. The third kappa shape index (κ3) is 4.21. The van der Waals surface area contributed by atoms with Gasteiger partial charge in [-0.15, -0.1) is 0 Å². The van der Waals surface area contributed by atoms with Crippen molar-refractivity contribution in [1.82, 2.24) is 10.1 Å². The normalized spacial score (nSPS) is 11.2. The Morgan fingerprint density at radius 2 is 1.86 bits per heavy atom. The van der Waals surface area contributed by atoms with E-state index in [4.69, 9.17) is 9.26 Å². The van der Waals surface area contributed by atoms with E-state index in [-0.39, 0.29) is 22.0 Å². The zero-order valence-electron chi connectivity index (χ0n) is 16.3. The van der Waals surface area contributed by atoms with Crippen molar-refractivity contribution in [3.63, 3.8) is 0 Å². The minimum absolute atomic E-state index is 0.0945. The van der Waals surface area contributed by atoms with Gasteiger partial charge in [0, 0.05) is 0 Å². The molecular weight excluding hydrogens is 396 g/mol. The summed E-state index contributed by atoms with van der Waals surface area (Å²) in [6.45, 7) is 5.23. The largest absolute Gasteiger partial charge is 0.480 e. The molecule has 0 unspecified atom stereocenters. The number of pyridine rings is 1. The summed E-state index contributed by atoms with van der Waals surface area (Å²) in [4.78, 5) is 16.2. The Morgan fingerprint density at radius 3 is 2.45 bits per heavy atom. The van der Waals surface area contributed by atoms with Crippen LogP contribution in [0.1, 0.15) is 27.2 Å². The molecule has 0 atom stereocenters. The maximum atomic E-state index is 13.0. The Morgan fingerprint density at radius 1 is 1.17 bits per heavy atom. The number of sulfonamides is 1. The van der Waals surface area contributed by atoms with Gasteiger partial charge in [0.1, 0.15) is 11.8 Å². The van der Waals surface area contributed by atoms with E-state index < -0.39 is 15.9 Å². The predicted octanol–water partition coefficient (Wildman–Crippen LogP) is 3.06. The Bertz CT molecular complexity index is 1150. The van der Waals surface area contributed by atoms with E-state index in [1.807, 2.05) is 6.07 Å². The number of aryl methyl sites for hydroxylation is 3. The highest BCUT2D eigenvalue weighted by atomic mass is 32.2. The number of nitrogens with one attached hydrogen (secondary N) is 2. The smallest absolute Gasteiger partial charge is 0.267 e. The maximum Gasteiger partial charge on any atom is 0.267 e. The molecule has 0 aliphatic heterocycles. The molecule has 152 valence electrons. The number of nitrogens with zero attached hydrogens (tertiary/aromatic N) is 2. The third-order valence-corrected chi connectivity index (χ3v) is 5.62. The van der Waals surface area contributed by atoms with Crippen molar-refractivity contribution in [2.45, 2.75) is 25.7 Å². The number of benzene rings is 1. The molecule has 1 aromatic carbocycles. The number of hydrogen-bond acceptors (Lipinski definition) is 7. The van der Waals surface area contributed by atoms with Gasteiger partial charge < -0.3 is 14.6 Å². The maximum absolute atomic E-state index is 13.0. The molecule has 0 saturated carbocycles. The highest BCUT2D eigenvalue weighted by molar-refractivity contribution is 7.92. The fourth-order valence-electron chi connectivity index (χ4n) is 2.72. The van der Waals surface area contributed by atoms with Crippen LogP contribution in [0.3, 0.4) is 0 Å². The molecule has 3 aromatic rings. The molecule has 1 amide bonds. The lowest BCUT2D eigenvalue weighted by Crippen LogP contribution is -2.18. The summed E-state index contributed by atoms with van der Waals surface area (Å²) < 4.78 is 38.5. The van der Waals surface area contributed by atoms with Gasteiger partial charge in [0.15, 0.2) is 4.90 Å². The summed E-state index contributed by atoms with van der Waals surface area (Å²) in [5.74, 6) is -0.593. The Balaban J connectivity index is 1.96. The van der Waals surface area contributed by atoms with E-state index in [1.165, 1.54) is 25.6 Å². The molecule has 2 heterocycles. The van der Waals surface area contributed by atoms with E-state index in [1.54, 1.807) is 32.9 Å². The fraction of sp³-hybridized carbons (Fsp3) is 0.211. The van der Waals surface area contributed by atoms with Crippen molar-refractivity contribution in [3.8, 4) is 5.88 Å². The van der Waals surface area contributed by atoms with Crippen LogP contribution in [0.25, 0.3) is 0 Å². The number of methoxy groups -OCH3 is 1. The van der Waals surface area contributed by atoms with Crippen LogP contribution in [0.15, 0.2) is 46.1 Å². The Labute approximate surface area is 168 Å². The number of amides is 1. The molecule has 0 spiro atoms. The Kier molecular flexibility index (Phi) is 5.55. The molecule has 2 aromatic heterocycles. The van der Waals surface area contributed by atoms with Gasteiger partial charge in [0.25, 0.3) is 15.9 Å². The van der Waals surface area contributed by atoms with E-state index in [9.17, 15) is 13.2 Å². The van der Waals surface area contributed by atoms with Gasteiger partial charge in [-0.3, -0.25) is 9.52 Å². The average Bonchev–Trinajstić information content (AvgIpc) is 3.11. The molecule has 29 heavy (non-hydrogen) atoms. The van der Waals surface area contributed by atoms with Gasteiger partial charge in [-0.1, -0.05) is 23.4 Å². The van der Waals surface area contributed by atoms with E-state index in [0.29, 0.717) is 11.4 Å². The van der Waals surface area contributed by atoms with Crippen LogP contribution < -0.4 is 14.8 Å². The number of para-hydroxylation sites is 1. The number of ether oxygens (including phenoxy) is 1. The standard InChI is InChI=1S/C19H20N4O5S/c1-11-6-5-7-12(2)17(11)23-29(25,26)16-8-14(9-20-19(16)27-4)21-18(24)15-10-28-22-13(15)3/h5-10,23H,1-4H3,(H,21,24). The fourth-order valence-corrected chi connectivity index (χ4v) is 4.07. The van der Waals surface area contributed by atoms with Gasteiger partial charge in [-0.25, -0.2) is 13.4 Å². The van der Waals surface area contributed by atoms with Crippen LogP contribution >= 0.6 is 0 Å². The number of aromatic nitrogens is 2. The predicted molar refractivity (Wildman–Crippen MR) is 107 cm³/mol. The van der Waals surface area contributed by atoms with Crippen molar-refractivity contribution in [1.29, 1.82) is 0 Å². The highest BCUT2D eigenvalue weighted by Crippen LogP contribution is 2.29. The quantitative estimate of drug-likeness (QED) is 0.633. The van der Waals surface area contributed by atoms with Crippen molar-refractivity contribution < 1.29 is 22.5 Å². The summed E-state index contributed by atoms with van der Waals surface area (Å²) >= 11 is 0. The molecular formula is C19H20N4O5S. The number of carbonyl (C=O) groups excluding carboxylic acids is 1. The van der Waals surface area contributed by atoms with Crippen LogP contribution in [0, 0.1) is 20.8 Å². The number of hydrogen-bond donors (Lipinski definition) is 2. The molecule has 0 radical (unpaired) electrons. The zero-order chi connectivity index (χ0) is 21.2. The van der Waals surface area contributed by atoms with E-state index >= 15 is 0 Å². The monoisotopic (exact) mass is 416 g/mol. The SMILES string of the molecule is COc1ncc(NC(=O)c2conc2C)cc1S(=O)(=O)Nc1c(C)cccc1C. The van der Waals surface area contributed by atoms with Gasteiger partial charge >= 0.3 is 0 Å². The van der Waals surface area contributed by atoms with Crippen LogP contribution in [0.2, 0.25) is 0 Å². The summed E-state index contributed by atoms with van der Waals surface area (Å²) in [5, 5.41) is 6.24. The summed E-state index contributed by atoms with van der Waals surface area (Å²) in [5.41, 5.74) is 2.84. The summed E-state index contributed by atoms with van der Waals surface area (Å²) in [6.07, 6.45) is 2.51. The molecule has 9 nitrogen and oxygen atoms in total. The highest BCUT2D eigenvalue weighted by Gasteiger charge is 2.24. The van der Waals surface area contributed by atoms with Gasteiger partial charge in [0.05, 0.1) is 30.4 Å². The molecule has 0 fully saturated rings. The first-order valence-electron chi connectivity index (χ1n) is 8.58. The molecule has 3 rings (SSSR count). The van der Waals surface area contributed by atoms with Gasteiger partial charge in [-0.2, -0.15) is 0 Å². The molecule has 0 saturated heterocycles. The molecule has 10 heteroatoms. The van der Waals surface area contributed by atoms with Crippen molar-refractivity contribution >= 4 is 27.3 Å². The lowest BCUT2D eigenvalue weighted by molar-refractivity contribution is 0.102. The lowest BCUT2D eigenvalue weighted by atomic mass is 10.1. The molecule has 0 aliphatic rings. The first kappa shape index (κ1) is 20.3. The lowest BCUT2D eigenvalue weighted by Gasteiger charge is -2.15. The minimum atomic E-state index is -4.04. The summed E-state index contributed by atoms with van der Waals surface area (Å²) in [6, 6.07) is 6.73. The van der Waals surface area contributed by atoms with Crippen molar-refractivity contribution in [2.75, 3.05) is 17.1 Å². The topological polar surface area (TPSA) is 123 Å². The number of carbonyl (C=O) groups is 1. The minimum Gasteiger partial charge on any atom is -0.480 e. The van der Waals surface area contributed by atoms with Crippen molar-refractivity contribution in [2.24, 2.45) is 0 Å².